The number of thioether (sulfide) groups is 1. The number of hydrogen-bond donors (Lipinski definition) is 1. The van der Waals surface area contributed by atoms with Gasteiger partial charge >= 0.3 is 0 Å². The van der Waals surface area contributed by atoms with E-state index in [2.05, 4.69) is 10.2 Å². The molecule has 1 aromatic carbocycles. The fraction of sp³-hybridized carbons (Fsp3) is 0.652. The summed E-state index contributed by atoms with van der Waals surface area (Å²) in [7, 11) is -3.63. The van der Waals surface area contributed by atoms with E-state index >= 15 is 0 Å². The number of rotatable bonds is 7. The first-order valence-corrected chi connectivity index (χ1v) is 14.3. The zero-order chi connectivity index (χ0) is 23.8. The molecule has 0 saturated carbocycles. The van der Waals surface area contributed by atoms with Crippen LogP contribution in [0.4, 0.5) is 11.4 Å². The van der Waals surface area contributed by atoms with Gasteiger partial charge in [-0.15, -0.1) is 11.8 Å². The van der Waals surface area contributed by atoms with Gasteiger partial charge in [-0.2, -0.15) is 4.31 Å². The van der Waals surface area contributed by atoms with Crippen LogP contribution in [0.2, 0.25) is 0 Å². The first kappa shape index (κ1) is 24.3. The lowest BCUT2D eigenvalue weighted by Crippen LogP contribution is -2.48. The third-order valence-electron chi connectivity index (χ3n) is 7.03. The van der Waals surface area contributed by atoms with Crippen LogP contribution in [-0.4, -0.2) is 72.3 Å². The van der Waals surface area contributed by atoms with Gasteiger partial charge in [-0.1, -0.05) is 6.42 Å². The Morgan fingerprint density at radius 2 is 1.91 bits per heavy atom. The Bertz CT molecular complexity index is 1020. The van der Waals surface area contributed by atoms with Crippen molar-refractivity contribution in [2.45, 2.75) is 68.7 Å². The van der Waals surface area contributed by atoms with E-state index in [-0.39, 0.29) is 21.6 Å². The Labute approximate surface area is 201 Å². The molecular formula is C23H34N4O4S2. The SMILES string of the molecule is CCN(CC)c1ccc(S(=O)(=O)N2CCCCC2)cc1NC(=O)[C@H]1CS[C@]2(C)CCC(=O)N12. The van der Waals surface area contributed by atoms with Gasteiger partial charge in [-0.25, -0.2) is 8.42 Å². The number of sulfonamides is 1. The Morgan fingerprint density at radius 1 is 1.21 bits per heavy atom. The summed E-state index contributed by atoms with van der Waals surface area (Å²) in [4.78, 5) is 29.5. The number of nitrogens with zero attached hydrogens (tertiary/aromatic N) is 3. The van der Waals surface area contributed by atoms with E-state index in [0.717, 1.165) is 44.5 Å². The minimum atomic E-state index is -3.63. The summed E-state index contributed by atoms with van der Waals surface area (Å²) in [5, 5.41) is 3.00. The van der Waals surface area contributed by atoms with Crippen molar-refractivity contribution >= 4 is 45.0 Å². The Kier molecular flexibility index (Phi) is 6.98. The largest absolute Gasteiger partial charge is 0.370 e. The van der Waals surface area contributed by atoms with Crippen LogP contribution in [0.15, 0.2) is 23.1 Å². The first-order valence-electron chi connectivity index (χ1n) is 11.9. The summed E-state index contributed by atoms with van der Waals surface area (Å²) in [6.07, 6.45) is 3.97. The molecule has 0 aromatic heterocycles. The van der Waals surface area contributed by atoms with Gasteiger partial charge in [0.15, 0.2) is 0 Å². The third kappa shape index (κ3) is 4.49. The van der Waals surface area contributed by atoms with Gasteiger partial charge in [-0.05, 0) is 58.2 Å². The quantitative estimate of drug-likeness (QED) is 0.627. The van der Waals surface area contributed by atoms with E-state index < -0.39 is 16.1 Å². The monoisotopic (exact) mass is 494 g/mol. The molecule has 0 unspecified atom stereocenters. The average Bonchev–Trinajstić information content (AvgIpc) is 3.31. The van der Waals surface area contributed by atoms with E-state index in [4.69, 9.17) is 0 Å². The number of nitrogens with one attached hydrogen (secondary N) is 1. The highest BCUT2D eigenvalue weighted by Crippen LogP contribution is 2.47. The van der Waals surface area contributed by atoms with Crippen LogP contribution in [-0.2, 0) is 19.6 Å². The lowest BCUT2D eigenvalue weighted by Gasteiger charge is -2.31. The Morgan fingerprint density at radius 3 is 2.58 bits per heavy atom. The normalized spacial score (nSPS) is 25.8. The summed E-state index contributed by atoms with van der Waals surface area (Å²) >= 11 is 1.64. The van der Waals surface area contributed by atoms with Crippen molar-refractivity contribution in [2.75, 3.05) is 42.1 Å². The van der Waals surface area contributed by atoms with Gasteiger partial charge in [0.1, 0.15) is 6.04 Å². The highest BCUT2D eigenvalue weighted by atomic mass is 32.2. The number of hydrogen-bond acceptors (Lipinski definition) is 6. The van der Waals surface area contributed by atoms with E-state index in [0.29, 0.717) is 31.0 Å². The molecule has 2 atom stereocenters. The maximum atomic E-state index is 13.4. The van der Waals surface area contributed by atoms with Crippen molar-refractivity contribution in [1.82, 2.24) is 9.21 Å². The number of carbonyl (C=O) groups is 2. The zero-order valence-electron chi connectivity index (χ0n) is 19.7. The van der Waals surface area contributed by atoms with Gasteiger partial charge in [-0.3, -0.25) is 9.59 Å². The van der Waals surface area contributed by atoms with Crippen LogP contribution in [0.1, 0.15) is 52.9 Å². The lowest BCUT2D eigenvalue weighted by atomic mass is 10.2. The Balaban J connectivity index is 1.65. The van der Waals surface area contributed by atoms with Crippen molar-refractivity contribution in [3.05, 3.63) is 18.2 Å². The van der Waals surface area contributed by atoms with E-state index in [1.807, 2.05) is 20.8 Å². The summed E-state index contributed by atoms with van der Waals surface area (Å²) < 4.78 is 28.1. The molecular weight excluding hydrogens is 460 g/mol. The van der Waals surface area contributed by atoms with Gasteiger partial charge in [0.25, 0.3) is 0 Å². The molecule has 0 bridgehead atoms. The van der Waals surface area contributed by atoms with Crippen molar-refractivity contribution in [3.63, 3.8) is 0 Å². The fourth-order valence-electron chi connectivity index (χ4n) is 5.10. The third-order valence-corrected chi connectivity index (χ3v) is 10.4. The van der Waals surface area contributed by atoms with Crippen LogP contribution in [0, 0.1) is 0 Å². The molecule has 3 aliphatic rings. The molecule has 3 aliphatic heterocycles. The minimum Gasteiger partial charge on any atom is -0.370 e. The van der Waals surface area contributed by atoms with Gasteiger partial charge in [0, 0.05) is 38.4 Å². The molecule has 0 aliphatic carbocycles. The molecule has 3 saturated heterocycles. The van der Waals surface area contributed by atoms with Gasteiger partial charge in [0.2, 0.25) is 21.8 Å². The fourth-order valence-corrected chi connectivity index (χ4v) is 8.08. The second-order valence-electron chi connectivity index (χ2n) is 9.07. The van der Waals surface area contributed by atoms with E-state index in [9.17, 15) is 18.0 Å². The second kappa shape index (κ2) is 9.46. The molecule has 8 nitrogen and oxygen atoms in total. The summed E-state index contributed by atoms with van der Waals surface area (Å²) in [5.74, 6) is 0.288. The number of fused-ring (bicyclic) bond motifs is 1. The van der Waals surface area contributed by atoms with E-state index in [1.165, 1.54) is 4.31 Å². The molecule has 0 radical (unpaired) electrons. The lowest BCUT2D eigenvalue weighted by molar-refractivity contribution is -0.135. The number of piperidine rings is 1. The number of benzene rings is 1. The summed E-state index contributed by atoms with van der Waals surface area (Å²) in [5.41, 5.74) is 1.26. The molecule has 10 heteroatoms. The van der Waals surface area contributed by atoms with Crippen LogP contribution in [0.25, 0.3) is 0 Å². The van der Waals surface area contributed by atoms with Gasteiger partial charge in [0.05, 0.1) is 21.1 Å². The standard InChI is InChI=1S/C23H34N4O4S2/c1-4-25(5-2)19-10-9-17(33(30,31)26-13-7-6-8-14-26)15-18(19)24-22(29)20-16-32-23(3)12-11-21(28)27(20)23/h9-10,15,20H,4-8,11-14,16H2,1-3H3,(H,24,29)/t20-,23-/m1/s1. The molecule has 3 fully saturated rings. The van der Waals surface area contributed by atoms with Crippen LogP contribution < -0.4 is 10.2 Å². The summed E-state index contributed by atoms with van der Waals surface area (Å²) in [6.45, 7) is 8.56. The molecule has 4 rings (SSSR count). The average molecular weight is 495 g/mol. The maximum absolute atomic E-state index is 13.4. The highest BCUT2D eigenvalue weighted by molar-refractivity contribution is 8.01. The molecule has 33 heavy (non-hydrogen) atoms. The first-order chi connectivity index (χ1) is 15.7. The van der Waals surface area contributed by atoms with E-state index in [1.54, 1.807) is 34.9 Å². The minimum absolute atomic E-state index is 0.00745. The van der Waals surface area contributed by atoms with Crippen LogP contribution in [0.5, 0.6) is 0 Å². The van der Waals surface area contributed by atoms with Crippen LogP contribution in [0.3, 0.4) is 0 Å². The predicted molar refractivity (Wildman–Crippen MR) is 132 cm³/mol. The van der Waals surface area contributed by atoms with Gasteiger partial charge < -0.3 is 15.1 Å². The zero-order valence-corrected chi connectivity index (χ0v) is 21.3. The maximum Gasteiger partial charge on any atom is 0.248 e. The Hall–Kier alpha value is -1.78. The van der Waals surface area contributed by atoms with Crippen molar-refractivity contribution in [3.8, 4) is 0 Å². The number of amides is 2. The molecule has 1 aromatic rings. The topological polar surface area (TPSA) is 90.0 Å². The molecule has 1 N–H and O–H groups in total. The van der Waals surface area contributed by atoms with Crippen LogP contribution >= 0.6 is 11.8 Å². The predicted octanol–water partition coefficient (Wildman–Crippen LogP) is 3.10. The van der Waals surface area contributed by atoms with Crippen molar-refractivity contribution in [2.24, 2.45) is 0 Å². The van der Waals surface area contributed by atoms with Crippen molar-refractivity contribution in [1.29, 1.82) is 0 Å². The molecule has 3 heterocycles. The second-order valence-corrected chi connectivity index (χ2v) is 12.5. The number of anilines is 2. The van der Waals surface area contributed by atoms with Crippen molar-refractivity contribution < 1.29 is 18.0 Å². The molecule has 2 amide bonds. The summed E-state index contributed by atoms with van der Waals surface area (Å²) in [6, 6.07) is 4.46. The number of carbonyl (C=O) groups excluding carboxylic acids is 2. The highest BCUT2D eigenvalue weighted by Gasteiger charge is 2.53. The smallest absolute Gasteiger partial charge is 0.248 e. The molecule has 0 spiro atoms. The molecule has 182 valence electrons.